The summed E-state index contributed by atoms with van der Waals surface area (Å²) in [5.74, 6) is 5.18. The molecule has 0 amide bonds. The molecular weight excluding hydrogens is 272 g/mol. The highest BCUT2D eigenvalue weighted by Gasteiger charge is 2.59. The molecule has 0 aromatic rings. The van der Waals surface area contributed by atoms with Crippen LogP contribution < -0.4 is 0 Å². The molecule has 0 heterocycles. The third-order valence-corrected chi connectivity index (χ3v) is 8.40. The second kappa shape index (κ2) is 4.74. The van der Waals surface area contributed by atoms with Crippen LogP contribution in [0.1, 0.15) is 71.1 Å². The first-order chi connectivity index (χ1) is 10.7. The van der Waals surface area contributed by atoms with E-state index in [9.17, 15) is 4.79 Å². The van der Waals surface area contributed by atoms with Crippen molar-refractivity contribution in [3.8, 4) is 0 Å². The van der Waals surface area contributed by atoms with Crippen molar-refractivity contribution in [2.75, 3.05) is 0 Å². The van der Waals surface area contributed by atoms with E-state index in [1.54, 1.807) is 0 Å². The van der Waals surface area contributed by atoms with Crippen LogP contribution in [0.15, 0.2) is 0 Å². The van der Waals surface area contributed by atoms with Gasteiger partial charge in [-0.1, -0.05) is 13.3 Å². The standard InChI is InChI=1S/C20H30O2/c1-2-20(16-7-13-5-14(9-16)10-17(20)8-13)22-19(21)18-11-12-3-4-15(18)6-12/h12-18H,2-11H2,1H3. The maximum absolute atomic E-state index is 13.0. The lowest BCUT2D eigenvalue weighted by molar-refractivity contribution is -0.215. The first-order valence-electron chi connectivity index (χ1n) is 9.90. The summed E-state index contributed by atoms with van der Waals surface area (Å²) >= 11 is 0. The molecule has 6 bridgehead atoms. The molecule has 22 heavy (non-hydrogen) atoms. The molecule has 2 nitrogen and oxygen atoms in total. The fourth-order valence-corrected chi connectivity index (χ4v) is 7.59. The fourth-order valence-electron chi connectivity index (χ4n) is 7.59. The van der Waals surface area contributed by atoms with Gasteiger partial charge in [0, 0.05) is 0 Å². The molecule has 0 aromatic heterocycles. The Morgan fingerprint density at radius 2 is 1.59 bits per heavy atom. The first-order valence-corrected chi connectivity index (χ1v) is 9.90. The van der Waals surface area contributed by atoms with Crippen molar-refractivity contribution in [1.29, 1.82) is 0 Å². The van der Waals surface area contributed by atoms with Crippen molar-refractivity contribution >= 4 is 5.97 Å². The van der Waals surface area contributed by atoms with Crippen LogP contribution in [0.5, 0.6) is 0 Å². The number of carbonyl (C=O) groups excluding carboxylic acids is 1. The van der Waals surface area contributed by atoms with Gasteiger partial charge in [0.1, 0.15) is 5.60 Å². The van der Waals surface area contributed by atoms with E-state index in [2.05, 4.69) is 6.92 Å². The van der Waals surface area contributed by atoms with Gasteiger partial charge in [-0.05, 0) is 93.3 Å². The number of carbonyl (C=O) groups is 1. The molecule has 6 saturated carbocycles. The van der Waals surface area contributed by atoms with Gasteiger partial charge in [0.15, 0.2) is 0 Å². The lowest BCUT2D eigenvalue weighted by Crippen LogP contribution is -2.59. The summed E-state index contributed by atoms with van der Waals surface area (Å²) in [6.45, 7) is 2.27. The Labute approximate surface area is 134 Å². The van der Waals surface area contributed by atoms with Crippen LogP contribution >= 0.6 is 0 Å². The molecule has 0 N–H and O–H groups in total. The maximum atomic E-state index is 13.0. The van der Waals surface area contributed by atoms with Crippen molar-refractivity contribution in [2.24, 2.45) is 41.4 Å². The van der Waals surface area contributed by atoms with Crippen LogP contribution in [0.25, 0.3) is 0 Å². The van der Waals surface area contributed by atoms with Gasteiger partial charge in [-0.3, -0.25) is 4.79 Å². The maximum Gasteiger partial charge on any atom is 0.309 e. The Morgan fingerprint density at radius 1 is 0.909 bits per heavy atom. The van der Waals surface area contributed by atoms with Crippen molar-refractivity contribution in [3.05, 3.63) is 0 Å². The van der Waals surface area contributed by atoms with Gasteiger partial charge in [0.2, 0.25) is 0 Å². The first kappa shape index (κ1) is 13.9. The van der Waals surface area contributed by atoms with Gasteiger partial charge in [-0.2, -0.15) is 0 Å². The summed E-state index contributed by atoms with van der Waals surface area (Å²) in [7, 11) is 0. The van der Waals surface area contributed by atoms with Crippen LogP contribution in [0.4, 0.5) is 0 Å². The number of hydrogen-bond acceptors (Lipinski definition) is 2. The number of ether oxygens (including phenoxy) is 1. The molecule has 0 saturated heterocycles. The summed E-state index contributed by atoms with van der Waals surface area (Å²) in [6.07, 6.45) is 12.9. The van der Waals surface area contributed by atoms with Crippen LogP contribution in [-0.2, 0) is 9.53 Å². The summed E-state index contributed by atoms with van der Waals surface area (Å²) in [4.78, 5) is 13.0. The molecule has 6 aliphatic rings. The van der Waals surface area contributed by atoms with E-state index in [4.69, 9.17) is 4.74 Å². The molecular formula is C20H30O2. The molecule has 0 spiro atoms. The highest BCUT2D eigenvalue weighted by Crippen LogP contribution is 2.61. The molecule has 6 fully saturated rings. The molecule has 0 radical (unpaired) electrons. The van der Waals surface area contributed by atoms with Crippen LogP contribution in [0.2, 0.25) is 0 Å². The van der Waals surface area contributed by atoms with Crippen LogP contribution in [0.3, 0.4) is 0 Å². The van der Waals surface area contributed by atoms with Crippen molar-refractivity contribution in [2.45, 2.75) is 76.7 Å². The zero-order valence-corrected chi connectivity index (χ0v) is 13.9. The minimum absolute atomic E-state index is 0.0770. The SMILES string of the molecule is CCC1(OC(=O)C2CC3CCC2C3)C2CC3CC(C2)CC1C3. The molecule has 2 heteroatoms. The minimum atomic E-state index is -0.0770. The van der Waals surface area contributed by atoms with E-state index in [1.807, 2.05) is 0 Å². The van der Waals surface area contributed by atoms with Gasteiger partial charge < -0.3 is 4.74 Å². The van der Waals surface area contributed by atoms with E-state index in [1.165, 1.54) is 51.4 Å². The molecule has 0 aromatic carbocycles. The second-order valence-corrected chi connectivity index (χ2v) is 9.32. The number of esters is 1. The van der Waals surface area contributed by atoms with Gasteiger partial charge in [0.25, 0.3) is 0 Å². The highest BCUT2D eigenvalue weighted by atomic mass is 16.6. The smallest absolute Gasteiger partial charge is 0.309 e. The van der Waals surface area contributed by atoms with Crippen LogP contribution in [-0.4, -0.2) is 11.6 Å². The largest absolute Gasteiger partial charge is 0.458 e. The quantitative estimate of drug-likeness (QED) is 0.714. The van der Waals surface area contributed by atoms with Crippen LogP contribution in [0, 0.1) is 41.4 Å². The molecule has 6 aliphatic carbocycles. The average molecular weight is 302 g/mol. The molecule has 0 aliphatic heterocycles. The predicted molar refractivity (Wildman–Crippen MR) is 85.1 cm³/mol. The second-order valence-electron chi connectivity index (χ2n) is 9.32. The van der Waals surface area contributed by atoms with E-state index in [0.717, 1.165) is 30.6 Å². The minimum Gasteiger partial charge on any atom is -0.458 e. The predicted octanol–water partition coefficient (Wildman–Crippen LogP) is 4.57. The Hall–Kier alpha value is -0.530. The molecule has 3 unspecified atom stereocenters. The summed E-state index contributed by atoms with van der Waals surface area (Å²) in [5, 5.41) is 0. The topological polar surface area (TPSA) is 26.3 Å². The van der Waals surface area contributed by atoms with Gasteiger partial charge in [0.05, 0.1) is 5.92 Å². The van der Waals surface area contributed by atoms with E-state index in [-0.39, 0.29) is 17.5 Å². The fraction of sp³-hybridized carbons (Fsp3) is 0.950. The monoisotopic (exact) mass is 302 g/mol. The zero-order chi connectivity index (χ0) is 14.9. The van der Waals surface area contributed by atoms with E-state index >= 15 is 0 Å². The number of fused-ring (bicyclic) bond motifs is 2. The highest BCUT2D eigenvalue weighted by molar-refractivity contribution is 5.74. The number of rotatable bonds is 3. The Kier molecular flexibility index (Phi) is 2.99. The molecule has 3 atom stereocenters. The third-order valence-electron chi connectivity index (χ3n) is 8.40. The molecule has 122 valence electrons. The Morgan fingerprint density at radius 3 is 2.09 bits per heavy atom. The lowest BCUT2D eigenvalue weighted by Gasteiger charge is -2.60. The average Bonchev–Trinajstić information content (AvgIpc) is 3.13. The zero-order valence-electron chi connectivity index (χ0n) is 13.9. The van der Waals surface area contributed by atoms with Gasteiger partial charge in [-0.25, -0.2) is 0 Å². The summed E-state index contributed by atoms with van der Waals surface area (Å²) in [6, 6.07) is 0. The van der Waals surface area contributed by atoms with Gasteiger partial charge in [-0.15, -0.1) is 0 Å². The summed E-state index contributed by atoms with van der Waals surface area (Å²) in [5.41, 5.74) is -0.0770. The van der Waals surface area contributed by atoms with Crippen molar-refractivity contribution < 1.29 is 9.53 Å². The number of hydrogen-bond donors (Lipinski definition) is 0. The summed E-state index contributed by atoms with van der Waals surface area (Å²) < 4.78 is 6.46. The molecule has 6 rings (SSSR count). The Balaban J connectivity index is 1.37. The lowest BCUT2D eigenvalue weighted by atomic mass is 9.49. The Bertz CT molecular complexity index is 454. The van der Waals surface area contributed by atoms with E-state index < -0.39 is 0 Å². The van der Waals surface area contributed by atoms with Crippen molar-refractivity contribution in [3.63, 3.8) is 0 Å². The van der Waals surface area contributed by atoms with Gasteiger partial charge >= 0.3 is 5.97 Å². The third kappa shape index (κ3) is 1.82. The normalized spacial score (nSPS) is 54.9. The van der Waals surface area contributed by atoms with E-state index in [0.29, 0.717) is 17.8 Å². The van der Waals surface area contributed by atoms with Crippen molar-refractivity contribution in [1.82, 2.24) is 0 Å².